The fourth-order valence-electron chi connectivity index (χ4n) is 2.40. The summed E-state index contributed by atoms with van der Waals surface area (Å²) >= 11 is 0. The van der Waals surface area contributed by atoms with Crippen molar-refractivity contribution in [3.8, 4) is 17.3 Å². The highest BCUT2D eigenvalue weighted by Gasteiger charge is 2.30. The first-order valence-electron chi connectivity index (χ1n) is 7.23. The van der Waals surface area contributed by atoms with Gasteiger partial charge in [-0.05, 0) is 6.07 Å². The Balaban J connectivity index is 2.03. The molecule has 1 saturated heterocycles. The number of halogens is 3. The molecule has 1 aromatic heterocycles. The fraction of sp³-hybridized carbons (Fsp3) is 0.312. The summed E-state index contributed by atoms with van der Waals surface area (Å²) in [5, 5.41) is 12.3. The standard InChI is InChI=1S/C16H12F3N5/c17-16(18,19)12-3-1-2-11(8-12)13-9-15(23-14(10-20)22-13)24-6-4-21-5-7-24/h3,8-9,21H,4-7H2. The third-order valence-electron chi connectivity index (χ3n) is 3.59. The predicted molar refractivity (Wildman–Crippen MR) is 79.9 cm³/mol. The van der Waals surface area contributed by atoms with Crippen LogP contribution < -0.4 is 10.2 Å². The van der Waals surface area contributed by atoms with Gasteiger partial charge in [0.2, 0.25) is 5.82 Å². The maximum atomic E-state index is 12.9. The summed E-state index contributed by atoms with van der Waals surface area (Å²) in [5.74, 6) is 0.427. The van der Waals surface area contributed by atoms with Crippen molar-refractivity contribution in [2.75, 3.05) is 31.1 Å². The summed E-state index contributed by atoms with van der Waals surface area (Å²) in [6, 6.07) is 10.2. The number of alkyl halides is 3. The monoisotopic (exact) mass is 331 g/mol. The van der Waals surface area contributed by atoms with E-state index in [4.69, 9.17) is 5.26 Å². The molecular formula is C16H12F3N5. The summed E-state index contributed by atoms with van der Waals surface area (Å²) in [6.45, 7) is 2.93. The third kappa shape index (κ3) is 3.39. The van der Waals surface area contributed by atoms with Gasteiger partial charge in [0, 0.05) is 38.3 Å². The van der Waals surface area contributed by atoms with Crippen LogP contribution in [0.4, 0.5) is 19.0 Å². The fourth-order valence-corrected chi connectivity index (χ4v) is 2.40. The van der Waals surface area contributed by atoms with Crippen LogP contribution in [0.3, 0.4) is 0 Å². The van der Waals surface area contributed by atoms with E-state index in [9.17, 15) is 13.2 Å². The van der Waals surface area contributed by atoms with Gasteiger partial charge in [0.1, 0.15) is 11.9 Å². The summed E-state index contributed by atoms with van der Waals surface area (Å²) in [4.78, 5) is 10.1. The Labute approximate surface area is 136 Å². The average molecular weight is 331 g/mol. The van der Waals surface area contributed by atoms with E-state index in [0.29, 0.717) is 18.9 Å². The molecule has 1 aromatic carbocycles. The van der Waals surface area contributed by atoms with E-state index in [2.05, 4.69) is 27.4 Å². The first-order chi connectivity index (χ1) is 11.5. The lowest BCUT2D eigenvalue weighted by molar-refractivity contribution is -0.137. The second-order valence-corrected chi connectivity index (χ2v) is 5.21. The van der Waals surface area contributed by atoms with Crippen molar-refractivity contribution in [1.82, 2.24) is 15.3 Å². The summed E-state index contributed by atoms with van der Waals surface area (Å²) in [6.07, 6.45) is -4.48. The molecule has 0 aliphatic carbocycles. The van der Waals surface area contributed by atoms with E-state index in [1.807, 2.05) is 11.0 Å². The number of nitrogens with one attached hydrogen (secondary N) is 1. The van der Waals surface area contributed by atoms with Crippen LogP contribution >= 0.6 is 0 Å². The molecule has 8 heteroatoms. The van der Waals surface area contributed by atoms with Gasteiger partial charge in [-0.15, -0.1) is 0 Å². The Hall–Kier alpha value is -2.84. The summed E-state index contributed by atoms with van der Waals surface area (Å²) in [5.41, 5.74) is -0.491. The van der Waals surface area contributed by atoms with E-state index in [0.717, 1.165) is 25.2 Å². The van der Waals surface area contributed by atoms with Gasteiger partial charge in [0.15, 0.2) is 0 Å². The van der Waals surface area contributed by atoms with Crippen LogP contribution in [0.5, 0.6) is 0 Å². The van der Waals surface area contributed by atoms with Crippen LogP contribution in [0.25, 0.3) is 11.3 Å². The number of anilines is 1. The largest absolute Gasteiger partial charge is 0.417 e. The molecule has 0 amide bonds. The molecule has 2 heterocycles. The highest BCUT2D eigenvalue weighted by molar-refractivity contribution is 5.63. The van der Waals surface area contributed by atoms with Crippen molar-refractivity contribution in [2.24, 2.45) is 0 Å². The number of nitrogens with zero attached hydrogens (tertiary/aromatic N) is 4. The molecule has 0 radical (unpaired) electrons. The van der Waals surface area contributed by atoms with Gasteiger partial charge in [-0.3, -0.25) is 0 Å². The van der Waals surface area contributed by atoms with Crippen molar-refractivity contribution in [1.29, 1.82) is 5.26 Å². The first-order valence-corrected chi connectivity index (χ1v) is 7.23. The Kier molecular flexibility index (Phi) is 4.24. The number of aromatic nitrogens is 2. The lowest BCUT2D eigenvalue weighted by atomic mass is 10.1. The van der Waals surface area contributed by atoms with Crippen LogP contribution in [0, 0.1) is 23.5 Å². The van der Waals surface area contributed by atoms with Crippen LogP contribution in [-0.2, 0) is 6.18 Å². The minimum Gasteiger partial charge on any atom is -0.354 e. The van der Waals surface area contributed by atoms with Gasteiger partial charge >= 0.3 is 6.18 Å². The molecule has 122 valence electrons. The SMILES string of the molecule is N#Cc1nc(-c2c#ccc(C(F)(F)F)c2)cc(N2CCNCC2)n1. The highest BCUT2D eigenvalue weighted by atomic mass is 19.4. The Morgan fingerprint density at radius 1 is 1.21 bits per heavy atom. The van der Waals surface area contributed by atoms with E-state index >= 15 is 0 Å². The minimum atomic E-state index is -4.48. The quantitative estimate of drug-likeness (QED) is 0.912. The van der Waals surface area contributed by atoms with Crippen molar-refractivity contribution in [3.63, 3.8) is 0 Å². The van der Waals surface area contributed by atoms with Gasteiger partial charge in [0.25, 0.3) is 0 Å². The molecule has 1 fully saturated rings. The maximum absolute atomic E-state index is 12.9. The molecule has 1 aliphatic heterocycles. The van der Waals surface area contributed by atoms with Gasteiger partial charge in [-0.2, -0.15) is 18.4 Å². The van der Waals surface area contributed by atoms with E-state index in [1.165, 1.54) is 0 Å². The zero-order valence-electron chi connectivity index (χ0n) is 12.5. The second-order valence-electron chi connectivity index (χ2n) is 5.21. The molecule has 2 aromatic rings. The Morgan fingerprint density at radius 3 is 2.62 bits per heavy atom. The normalized spacial score (nSPS) is 14.8. The molecular weight excluding hydrogens is 319 g/mol. The van der Waals surface area contributed by atoms with Gasteiger partial charge in [0.05, 0.1) is 16.8 Å². The molecule has 0 atom stereocenters. The molecule has 0 bridgehead atoms. The molecule has 1 aliphatic rings. The molecule has 5 nitrogen and oxygen atoms in total. The molecule has 0 saturated carbocycles. The average Bonchev–Trinajstić information content (AvgIpc) is 2.61. The topological polar surface area (TPSA) is 64.8 Å². The van der Waals surface area contributed by atoms with Crippen LogP contribution in [-0.4, -0.2) is 36.1 Å². The highest BCUT2D eigenvalue weighted by Crippen LogP contribution is 2.31. The van der Waals surface area contributed by atoms with Crippen LogP contribution in [0.15, 0.2) is 18.2 Å². The second kappa shape index (κ2) is 6.34. The van der Waals surface area contributed by atoms with Crippen LogP contribution in [0.1, 0.15) is 11.4 Å². The lowest BCUT2D eigenvalue weighted by Crippen LogP contribution is -2.44. The van der Waals surface area contributed by atoms with E-state index in [1.54, 1.807) is 6.07 Å². The van der Waals surface area contributed by atoms with Crippen molar-refractivity contribution in [2.45, 2.75) is 6.18 Å². The predicted octanol–water partition coefficient (Wildman–Crippen LogP) is 2.04. The summed E-state index contributed by atoms with van der Waals surface area (Å²) in [7, 11) is 0. The molecule has 0 spiro atoms. The van der Waals surface area contributed by atoms with Gasteiger partial charge in [-0.1, -0.05) is 12.1 Å². The number of piperazine rings is 1. The zero-order chi connectivity index (χ0) is 17.2. The summed E-state index contributed by atoms with van der Waals surface area (Å²) < 4.78 is 38.6. The van der Waals surface area contributed by atoms with Crippen molar-refractivity contribution < 1.29 is 13.2 Å². The molecule has 1 N–H and O–H groups in total. The van der Waals surface area contributed by atoms with Gasteiger partial charge in [-0.25, -0.2) is 9.97 Å². The van der Waals surface area contributed by atoms with Crippen molar-refractivity contribution >= 4 is 5.82 Å². The number of hydrogen-bond acceptors (Lipinski definition) is 5. The Bertz CT molecular complexity index is 776. The molecule has 3 rings (SSSR count). The maximum Gasteiger partial charge on any atom is 0.417 e. The lowest BCUT2D eigenvalue weighted by Gasteiger charge is -2.28. The third-order valence-corrected chi connectivity index (χ3v) is 3.59. The smallest absolute Gasteiger partial charge is 0.354 e. The number of nitriles is 1. The van der Waals surface area contributed by atoms with E-state index < -0.39 is 11.7 Å². The minimum absolute atomic E-state index is 0.0909. The Morgan fingerprint density at radius 2 is 1.96 bits per heavy atom. The van der Waals surface area contributed by atoms with Gasteiger partial charge < -0.3 is 10.2 Å². The number of hydrogen-bond donors (Lipinski definition) is 1. The molecule has 0 unspecified atom stereocenters. The molecule has 24 heavy (non-hydrogen) atoms. The number of rotatable bonds is 2. The zero-order valence-corrected chi connectivity index (χ0v) is 12.5. The first kappa shape index (κ1) is 16.0. The van der Waals surface area contributed by atoms with Crippen LogP contribution in [0.2, 0.25) is 0 Å². The van der Waals surface area contributed by atoms with Crippen molar-refractivity contribution in [3.05, 3.63) is 41.7 Å². The van der Waals surface area contributed by atoms with E-state index in [-0.39, 0.29) is 17.1 Å².